The summed E-state index contributed by atoms with van der Waals surface area (Å²) in [5.41, 5.74) is 0.349. The quantitative estimate of drug-likeness (QED) is 0.921. The van der Waals surface area contributed by atoms with Crippen LogP contribution in [0.5, 0.6) is 0 Å². The maximum atomic E-state index is 13.6. The zero-order valence-electron chi connectivity index (χ0n) is 11.4. The van der Waals surface area contributed by atoms with E-state index in [0.29, 0.717) is 24.9 Å². The van der Waals surface area contributed by atoms with Crippen LogP contribution in [0.15, 0.2) is 24.3 Å². The monoisotopic (exact) mass is 279 g/mol. The molecule has 1 heterocycles. The molecule has 1 aliphatic heterocycles. The average Bonchev–Trinajstić information content (AvgIpc) is 2.41. The SMILES string of the molecule is C[C@@H]1[C@H](C(=O)O)CCCN1C(=O)Cc1ccccc1F. The minimum atomic E-state index is -0.874. The van der Waals surface area contributed by atoms with Crippen molar-refractivity contribution in [3.8, 4) is 0 Å². The Labute approximate surface area is 117 Å². The molecular formula is C15H18FNO3. The number of carboxylic acid groups (broad SMARTS) is 1. The summed E-state index contributed by atoms with van der Waals surface area (Å²) in [4.78, 5) is 25.0. The number of hydrogen-bond acceptors (Lipinski definition) is 2. The van der Waals surface area contributed by atoms with E-state index < -0.39 is 17.7 Å². The molecule has 0 aromatic heterocycles. The summed E-state index contributed by atoms with van der Waals surface area (Å²) in [7, 11) is 0. The Morgan fingerprint density at radius 2 is 2.10 bits per heavy atom. The normalized spacial score (nSPS) is 22.6. The molecule has 108 valence electrons. The van der Waals surface area contributed by atoms with Gasteiger partial charge in [0, 0.05) is 12.6 Å². The number of carboxylic acids is 1. The highest BCUT2D eigenvalue weighted by molar-refractivity contribution is 5.80. The molecule has 1 N–H and O–H groups in total. The van der Waals surface area contributed by atoms with Crippen molar-refractivity contribution >= 4 is 11.9 Å². The molecule has 4 nitrogen and oxygen atoms in total. The Morgan fingerprint density at radius 3 is 2.75 bits per heavy atom. The molecule has 0 saturated carbocycles. The lowest BCUT2D eigenvalue weighted by Gasteiger charge is -2.37. The average molecular weight is 279 g/mol. The third-order valence-electron chi connectivity index (χ3n) is 3.93. The number of carbonyl (C=O) groups excluding carboxylic acids is 1. The number of halogens is 1. The first-order valence-electron chi connectivity index (χ1n) is 6.76. The van der Waals surface area contributed by atoms with E-state index in [-0.39, 0.29) is 18.4 Å². The summed E-state index contributed by atoms with van der Waals surface area (Å²) in [5.74, 6) is -2.02. The number of benzene rings is 1. The van der Waals surface area contributed by atoms with Crippen molar-refractivity contribution in [2.45, 2.75) is 32.2 Å². The number of likely N-dealkylation sites (tertiary alicyclic amines) is 1. The van der Waals surface area contributed by atoms with Crippen molar-refractivity contribution < 1.29 is 19.1 Å². The molecule has 1 saturated heterocycles. The van der Waals surface area contributed by atoms with Crippen LogP contribution in [0, 0.1) is 11.7 Å². The second kappa shape index (κ2) is 6.03. The fourth-order valence-electron chi connectivity index (χ4n) is 2.73. The molecule has 2 atom stereocenters. The molecule has 1 amide bonds. The lowest BCUT2D eigenvalue weighted by molar-refractivity contribution is -0.148. The summed E-state index contributed by atoms with van der Waals surface area (Å²) in [6.07, 6.45) is 1.23. The third-order valence-corrected chi connectivity index (χ3v) is 3.93. The van der Waals surface area contributed by atoms with Crippen LogP contribution in [0.25, 0.3) is 0 Å². The lowest BCUT2D eigenvalue weighted by atomic mass is 9.90. The highest BCUT2D eigenvalue weighted by Gasteiger charge is 2.35. The molecule has 1 aliphatic rings. The molecule has 0 spiro atoms. The summed E-state index contributed by atoms with van der Waals surface area (Å²) in [6.45, 7) is 2.29. The van der Waals surface area contributed by atoms with E-state index in [1.807, 2.05) is 0 Å². The highest BCUT2D eigenvalue weighted by Crippen LogP contribution is 2.24. The molecule has 0 bridgehead atoms. The van der Waals surface area contributed by atoms with Gasteiger partial charge in [0.05, 0.1) is 12.3 Å². The van der Waals surface area contributed by atoms with Crippen LogP contribution < -0.4 is 0 Å². The van der Waals surface area contributed by atoms with Crippen LogP contribution in [0.2, 0.25) is 0 Å². The van der Waals surface area contributed by atoms with Crippen molar-refractivity contribution in [1.29, 1.82) is 0 Å². The molecule has 2 rings (SSSR count). The second-order valence-electron chi connectivity index (χ2n) is 5.18. The van der Waals surface area contributed by atoms with E-state index in [9.17, 15) is 14.0 Å². The van der Waals surface area contributed by atoms with Gasteiger partial charge in [-0.25, -0.2) is 4.39 Å². The third kappa shape index (κ3) is 2.98. The Hall–Kier alpha value is -1.91. The minimum absolute atomic E-state index is 0.0245. The van der Waals surface area contributed by atoms with Crippen LogP contribution in [-0.4, -0.2) is 34.5 Å². The van der Waals surface area contributed by atoms with Crippen molar-refractivity contribution in [3.63, 3.8) is 0 Å². The smallest absolute Gasteiger partial charge is 0.308 e. The molecule has 1 aromatic carbocycles. The van der Waals surface area contributed by atoms with Crippen LogP contribution >= 0.6 is 0 Å². The zero-order valence-corrected chi connectivity index (χ0v) is 11.4. The minimum Gasteiger partial charge on any atom is -0.481 e. The van der Waals surface area contributed by atoms with Gasteiger partial charge in [-0.1, -0.05) is 18.2 Å². The van der Waals surface area contributed by atoms with Crippen LogP contribution in [0.4, 0.5) is 4.39 Å². The van der Waals surface area contributed by atoms with Gasteiger partial charge in [0.25, 0.3) is 0 Å². The Kier molecular flexibility index (Phi) is 4.37. The predicted octanol–water partition coefficient (Wildman–Crippen LogP) is 2.08. The number of piperidine rings is 1. The van der Waals surface area contributed by atoms with Crippen LogP contribution in [0.3, 0.4) is 0 Å². The molecule has 1 fully saturated rings. The molecule has 0 aliphatic carbocycles. The van der Waals surface area contributed by atoms with Gasteiger partial charge >= 0.3 is 5.97 Å². The summed E-state index contributed by atoms with van der Waals surface area (Å²) in [5, 5.41) is 9.14. The fourth-order valence-corrected chi connectivity index (χ4v) is 2.73. The van der Waals surface area contributed by atoms with E-state index >= 15 is 0 Å². The summed E-state index contributed by atoms with van der Waals surface area (Å²) >= 11 is 0. The van der Waals surface area contributed by atoms with E-state index in [2.05, 4.69) is 0 Å². The Balaban J connectivity index is 2.09. The van der Waals surface area contributed by atoms with Gasteiger partial charge in [-0.3, -0.25) is 9.59 Å². The first-order chi connectivity index (χ1) is 9.50. The predicted molar refractivity (Wildman–Crippen MR) is 71.6 cm³/mol. The number of carbonyl (C=O) groups is 2. The maximum absolute atomic E-state index is 13.6. The van der Waals surface area contributed by atoms with E-state index in [1.54, 1.807) is 30.0 Å². The largest absolute Gasteiger partial charge is 0.481 e. The van der Waals surface area contributed by atoms with E-state index in [4.69, 9.17) is 5.11 Å². The van der Waals surface area contributed by atoms with Crippen molar-refractivity contribution in [3.05, 3.63) is 35.6 Å². The topological polar surface area (TPSA) is 57.6 Å². The second-order valence-corrected chi connectivity index (χ2v) is 5.18. The van der Waals surface area contributed by atoms with E-state index in [0.717, 1.165) is 0 Å². The van der Waals surface area contributed by atoms with Gasteiger partial charge in [0.1, 0.15) is 5.82 Å². The number of rotatable bonds is 3. The van der Waals surface area contributed by atoms with Gasteiger partial charge in [0.2, 0.25) is 5.91 Å². The first kappa shape index (κ1) is 14.5. The molecule has 1 aromatic rings. The lowest BCUT2D eigenvalue weighted by Crippen LogP contribution is -2.49. The van der Waals surface area contributed by atoms with E-state index in [1.165, 1.54) is 6.07 Å². The summed E-state index contributed by atoms with van der Waals surface area (Å²) in [6, 6.07) is 5.82. The molecule has 0 radical (unpaired) electrons. The highest BCUT2D eigenvalue weighted by atomic mass is 19.1. The number of amides is 1. The van der Waals surface area contributed by atoms with Crippen LogP contribution in [0.1, 0.15) is 25.3 Å². The van der Waals surface area contributed by atoms with Gasteiger partial charge in [0.15, 0.2) is 0 Å². The number of nitrogens with zero attached hydrogens (tertiary/aromatic N) is 1. The molecule has 5 heteroatoms. The van der Waals surface area contributed by atoms with Gasteiger partial charge in [-0.05, 0) is 31.4 Å². The molecule has 0 unspecified atom stereocenters. The number of hydrogen-bond donors (Lipinski definition) is 1. The summed E-state index contributed by atoms with van der Waals surface area (Å²) < 4.78 is 13.6. The number of aliphatic carboxylic acids is 1. The Bertz CT molecular complexity index is 518. The zero-order chi connectivity index (χ0) is 14.7. The fraction of sp³-hybridized carbons (Fsp3) is 0.467. The van der Waals surface area contributed by atoms with Crippen molar-refractivity contribution in [2.24, 2.45) is 5.92 Å². The standard InChI is InChI=1S/C15H18FNO3/c1-10-12(15(19)20)6-4-8-17(10)14(18)9-11-5-2-3-7-13(11)16/h2-3,5,7,10,12H,4,6,8-9H2,1H3,(H,19,20)/t10-,12-/m1/s1. The van der Waals surface area contributed by atoms with Crippen molar-refractivity contribution in [1.82, 2.24) is 4.90 Å². The molecular weight excluding hydrogens is 261 g/mol. The maximum Gasteiger partial charge on any atom is 0.308 e. The first-order valence-corrected chi connectivity index (χ1v) is 6.76. The van der Waals surface area contributed by atoms with Gasteiger partial charge in [-0.2, -0.15) is 0 Å². The van der Waals surface area contributed by atoms with Crippen LogP contribution in [-0.2, 0) is 16.0 Å². The van der Waals surface area contributed by atoms with Crippen molar-refractivity contribution in [2.75, 3.05) is 6.54 Å². The van der Waals surface area contributed by atoms with Gasteiger partial charge < -0.3 is 10.0 Å². The Morgan fingerprint density at radius 1 is 1.40 bits per heavy atom. The molecule has 20 heavy (non-hydrogen) atoms. The van der Waals surface area contributed by atoms with Gasteiger partial charge in [-0.15, -0.1) is 0 Å².